The Bertz CT molecular complexity index is 1090. The Hall–Kier alpha value is -2.87. The van der Waals surface area contributed by atoms with E-state index in [0.717, 1.165) is 34.5 Å². The molecule has 0 aliphatic carbocycles. The summed E-state index contributed by atoms with van der Waals surface area (Å²) in [7, 11) is 0. The number of halogens is 1. The lowest BCUT2D eigenvalue weighted by Crippen LogP contribution is -2.60. The molecular formula is C22H27ClN6O2. The number of aryl methyl sites for hydroxylation is 1. The smallest absolute Gasteiger partial charge is 0.407 e. The second-order valence-corrected chi connectivity index (χ2v) is 9.12. The summed E-state index contributed by atoms with van der Waals surface area (Å²) in [4.78, 5) is 31.2. The number of aromatic amines is 1. The van der Waals surface area contributed by atoms with Crippen LogP contribution < -0.4 is 10.2 Å². The van der Waals surface area contributed by atoms with Crippen LogP contribution in [0, 0.1) is 0 Å². The second-order valence-electron chi connectivity index (χ2n) is 8.74. The Kier molecular flexibility index (Phi) is 5.75. The third-order valence-corrected chi connectivity index (χ3v) is 5.45. The number of nitrogens with zero attached hydrogens (tertiary/aromatic N) is 4. The minimum absolute atomic E-state index is 0.00926. The Labute approximate surface area is 186 Å². The molecule has 8 nitrogen and oxygen atoms in total. The molecule has 31 heavy (non-hydrogen) atoms. The molecule has 9 heteroatoms. The SMILES string of the molecule is CCc1[nH]c2nc(Cc3cccnc3)nc(N3CC(NC(=O)OC(C)(C)C)C3)c2c1Cl. The maximum Gasteiger partial charge on any atom is 0.407 e. The van der Waals surface area contributed by atoms with E-state index in [1.807, 2.05) is 46.0 Å². The fourth-order valence-electron chi connectivity index (χ4n) is 3.59. The quantitative estimate of drug-likeness (QED) is 0.622. The highest BCUT2D eigenvalue weighted by Crippen LogP contribution is 2.35. The van der Waals surface area contributed by atoms with Crippen molar-refractivity contribution in [1.82, 2.24) is 25.3 Å². The van der Waals surface area contributed by atoms with Crippen LogP contribution in [0.15, 0.2) is 24.5 Å². The van der Waals surface area contributed by atoms with E-state index in [2.05, 4.69) is 20.2 Å². The number of hydrogen-bond acceptors (Lipinski definition) is 6. The van der Waals surface area contributed by atoms with Gasteiger partial charge in [-0.25, -0.2) is 14.8 Å². The summed E-state index contributed by atoms with van der Waals surface area (Å²) in [6.45, 7) is 8.84. The van der Waals surface area contributed by atoms with Crippen molar-refractivity contribution in [3.8, 4) is 0 Å². The van der Waals surface area contributed by atoms with E-state index in [1.54, 1.807) is 6.20 Å². The third-order valence-electron chi connectivity index (χ3n) is 5.03. The van der Waals surface area contributed by atoms with Crippen molar-refractivity contribution >= 4 is 34.5 Å². The van der Waals surface area contributed by atoms with Crippen molar-refractivity contribution < 1.29 is 9.53 Å². The Morgan fingerprint density at radius 2 is 2.13 bits per heavy atom. The van der Waals surface area contributed by atoms with Gasteiger partial charge in [-0.05, 0) is 38.8 Å². The molecule has 1 amide bonds. The average Bonchev–Trinajstić information content (AvgIpc) is 2.99. The molecule has 164 valence electrons. The molecule has 1 saturated heterocycles. The van der Waals surface area contributed by atoms with Gasteiger partial charge in [-0.3, -0.25) is 4.98 Å². The van der Waals surface area contributed by atoms with Gasteiger partial charge in [0.2, 0.25) is 0 Å². The summed E-state index contributed by atoms with van der Waals surface area (Å²) in [5.74, 6) is 1.48. The van der Waals surface area contributed by atoms with E-state index in [1.165, 1.54) is 0 Å². The third kappa shape index (κ3) is 4.74. The lowest BCUT2D eigenvalue weighted by molar-refractivity contribution is 0.0496. The maximum absolute atomic E-state index is 12.1. The van der Waals surface area contributed by atoms with Crippen LogP contribution in [0.1, 0.15) is 44.8 Å². The number of fused-ring (bicyclic) bond motifs is 1. The molecule has 3 aromatic heterocycles. The van der Waals surface area contributed by atoms with Gasteiger partial charge in [-0.2, -0.15) is 0 Å². The fourth-order valence-corrected chi connectivity index (χ4v) is 3.94. The van der Waals surface area contributed by atoms with Crippen molar-refractivity contribution in [2.24, 2.45) is 0 Å². The number of rotatable bonds is 5. The zero-order valence-corrected chi connectivity index (χ0v) is 19.0. The summed E-state index contributed by atoms with van der Waals surface area (Å²) in [6, 6.07) is 3.90. The minimum Gasteiger partial charge on any atom is -0.444 e. The van der Waals surface area contributed by atoms with Crippen LogP contribution in [-0.2, 0) is 17.6 Å². The summed E-state index contributed by atoms with van der Waals surface area (Å²) in [5, 5.41) is 4.39. The second kappa shape index (κ2) is 8.34. The van der Waals surface area contributed by atoms with Crippen LogP contribution in [0.3, 0.4) is 0 Å². The van der Waals surface area contributed by atoms with Gasteiger partial charge < -0.3 is 19.9 Å². The summed E-state index contributed by atoms with van der Waals surface area (Å²) >= 11 is 6.66. The van der Waals surface area contributed by atoms with E-state index in [-0.39, 0.29) is 6.04 Å². The number of anilines is 1. The van der Waals surface area contributed by atoms with E-state index in [4.69, 9.17) is 26.3 Å². The number of pyridine rings is 1. The number of H-pyrrole nitrogens is 1. The molecule has 0 radical (unpaired) electrons. The number of hydrogen-bond donors (Lipinski definition) is 2. The van der Waals surface area contributed by atoms with Crippen LogP contribution in [0.4, 0.5) is 10.6 Å². The standard InChI is InChI=1S/C22H27ClN6O2/c1-5-15-18(23)17-19(26-15)27-16(9-13-7-6-8-24-10-13)28-20(17)29-11-14(12-29)25-21(30)31-22(2,3)4/h6-8,10,14H,5,9,11-12H2,1-4H3,(H,25,30)(H,26,27,28). The number of ether oxygens (including phenoxy) is 1. The van der Waals surface area contributed by atoms with Gasteiger partial charge in [0.1, 0.15) is 22.9 Å². The monoisotopic (exact) mass is 442 g/mol. The highest BCUT2D eigenvalue weighted by atomic mass is 35.5. The Balaban J connectivity index is 1.58. The molecule has 1 aliphatic heterocycles. The van der Waals surface area contributed by atoms with Crippen molar-refractivity contribution in [2.45, 2.75) is 52.2 Å². The molecule has 4 heterocycles. The molecule has 0 unspecified atom stereocenters. The number of carbonyl (C=O) groups is 1. The Morgan fingerprint density at radius 1 is 1.35 bits per heavy atom. The van der Waals surface area contributed by atoms with Gasteiger partial charge in [0, 0.05) is 37.6 Å². The lowest BCUT2D eigenvalue weighted by Gasteiger charge is -2.40. The molecule has 0 spiro atoms. The molecule has 2 N–H and O–H groups in total. The molecule has 0 atom stereocenters. The summed E-state index contributed by atoms with van der Waals surface area (Å²) in [5.41, 5.74) is 2.18. The number of carbonyl (C=O) groups excluding carboxylic acids is 1. The van der Waals surface area contributed by atoms with Crippen LogP contribution in [0.25, 0.3) is 11.0 Å². The number of amides is 1. The van der Waals surface area contributed by atoms with E-state index >= 15 is 0 Å². The van der Waals surface area contributed by atoms with Crippen molar-refractivity contribution in [3.63, 3.8) is 0 Å². The van der Waals surface area contributed by atoms with E-state index < -0.39 is 11.7 Å². The topological polar surface area (TPSA) is 96.0 Å². The van der Waals surface area contributed by atoms with Crippen molar-refractivity contribution in [3.05, 3.63) is 46.6 Å². The van der Waals surface area contributed by atoms with Gasteiger partial charge in [-0.1, -0.05) is 24.6 Å². The lowest BCUT2D eigenvalue weighted by atomic mass is 10.1. The predicted molar refractivity (Wildman–Crippen MR) is 121 cm³/mol. The zero-order chi connectivity index (χ0) is 22.2. The normalized spacial score (nSPS) is 14.5. The van der Waals surface area contributed by atoms with E-state index in [9.17, 15) is 4.79 Å². The molecule has 4 rings (SSSR count). The highest BCUT2D eigenvalue weighted by Gasteiger charge is 2.33. The van der Waals surface area contributed by atoms with Gasteiger partial charge >= 0.3 is 6.09 Å². The first-order chi connectivity index (χ1) is 14.7. The van der Waals surface area contributed by atoms with Crippen LogP contribution in [-0.4, -0.2) is 50.8 Å². The minimum atomic E-state index is -0.525. The number of aromatic nitrogens is 4. The van der Waals surface area contributed by atoms with Crippen molar-refractivity contribution in [2.75, 3.05) is 18.0 Å². The molecule has 0 saturated carbocycles. The fraction of sp³-hybridized carbons (Fsp3) is 0.455. The first-order valence-electron chi connectivity index (χ1n) is 10.4. The first-order valence-corrected chi connectivity index (χ1v) is 10.8. The number of alkyl carbamates (subject to hydrolysis) is 1. The average molecular weight is 443 g/mol. The molecule has 3 aromatic rings. The number of nitrogens with one attached hydrogen (secondary N) is 2. The molecule has 0 bridgehead atoms. The van der Waals surface area contributed by atoms with Crippen LogP contribution in [0.2, 0.25) is 5.02 Å². The first kappa shape index (κ1) is 21.4. The van der Waals surface area contributed by atoms with Gasteiger partial charge in [0.05, 0.1) is 16.5 Å². The van der Waals surface area contributed by atoms with Crippen LogP contribution >= 0.6 is 11.6 Å². The Morgan fingerprint density at radius 3 is 2.77 bits per heavy atom. The summed E-state index contributed by atoms with van der Waals surface area (Å²) < 4.78 is 5.35. The van der Waals surface area contributed by atoms with Gasteiger partial charge in [0.25, 0.3) is 0 Å². The molecular weight excluding hydrogens is 416 g/mol. The van der Waals surface area contributed by atoms with Gasteiger partial charge in [0.15, 0.2) is 0 Å². The van der Waals surface area contributed by atoms with Gasteiger partial charge in [-0.15, -0.1) is 0 Å². The molecule has 1 aliphatic rings. The zero-order valence-electron chi connectivity index (χ0n) is 18.2. The molecule has 0 aromatic carbocycles. The van der Waals surface area contributed by atoms with Crippen molar-refractivity contribution in [1.29, 1.82) is 0 Å². The van der Waals surface area contributed by atoms with E-state index in [0.29, 0.717) is 30.4 Å². The largest absolute Gasteiger partial charge is 0.444 e. The maximum atomic E-state index is 12.1. The summed E-state index contributed by atoms with van der Waals surface area (Å²) in [6.07, 6.45) is 4.50. The molecule has 1 fully saturated rings. The predicted octanol–water partition coefficient (Wildman–Crippen LogP) is 3.87. The highest BCUT2D eigenvalue weighted by molar-refractivity contribution is 6.37. The van der Waals surface area contributed by atoms with Crippen LogP contribution in [0.5, 0.6) is 0 Å².